The van der Waals surface area contributed by atoms with E-state index in [9.17, 15) is 0 Å². The fraction of sp³-hybridized carbons (Fsp3) is 0.303. The molecule has 0 radical (unpaired) electrons. The third kappa shape index (κ3) is 4.92. The Morgan fingerprint density at radius 1 is 0.821 bits per heavy atom. The summed E-state index contributed by atoms with van der Waals surface area (Å²) in [5.74, 6) is 0. The lowest BCUT2D eigenvalue weighted by Crippen LogP contribution is -2.41. The largest absolute Gasteiger partial charge is 0.352 e. The zero-order valence-electron chi connectivity index (χ0n) is 22.2. The molecular weight excluding hydrogens is 480 g/mol. The lowest BCUT2D eigenvalue weighted by molar-refractivity contribution is 0.154. The van der Waals surface area contributed by atoms with Crippen molar-refractivity contribution in [1.29, 1.82) is 0 Å². The summed E-state index contributed by atoms with van der Waals surface area (Å²) < 4.78 is 2.31. The standard InChI is InChI=1S/C33H34N6/c1-2-12-27(13-3-1)39-32-15-7-6-14-28(32)37-31-21-29(36-25-9-8-18-34-23-25)30(22-33(31)39)35-24-16-19-38(20-17-24)26-10-4-5-11-26/h1-3,6-9,12-15,18,21-24,26,36H,4-5,10-11,16-17,19-20H2. The maximum absolute atomic E-state index is 5.39. The second-order valence-corrected chi connectivity index (χ2v) is 10.8. The van der Waals surface area contributed by atoms with Crippen LogP contribution in [0, 0.1) is 0 Å². The van der Waals surface area contributed by atoms with Gasteiger partial charge in [-0.1, -0.05) is 43.2 Å². The summed E-state index contributed by atoms with van der Waals surface area (Å²) in [6.45, 7) is 2.29. The maximum Gasteiger partial charge on any atom is 0.0900 e. The van der Waals surface area contributed by atoms with Crippen molar-refractivity contribution in [2.75, 3.05) is 18.4 Å². The van der Waals surface area contributed by atoms with Gasteiger partial charge in [0.25, 0.3) is 0 Å². The SMILES string of the molecule is c1ccc(-n2c3cc(=NC4CCN(C5CCCC5)CC4)c(Nc4cccnc4)cc-3nc3ccccc32)cc1. The van der Waals surface area contributed by atoms with Crippen LogP contribution in [0.3, 0.4) is 0 Å². The number of hydrogen-bond donors (Lipinski definition) is 1. The number of aromatic nitrogens is 3. The van der Waals surface area contributed by atoms with Crippen LogP contribution in [0.5, 0.6) is 0 Å². The Hall–Kier alpha value is -4.03. The first-order valence-corrected chi connectivity index (χ1v) is 14.3. The van der Waals surface area contributed by atoms with Gasteiger partial charge >= 0.3 is 0 Å². The molecule has 0 spiro atoms. The molecule has 1 saturated carbocycles. The van der Waals surface area contributed by atoms with E-state index in [0.717, 1.165) is 76.8 Å². The molecule has 1 aromatic heterocycles. The Balaban J connectivity index is 1.36. The van der Waals surface area contributed by atoms with Gasteiger partial charge in [-0.15, -0.1) is 0 Å². The summed E-state index contributed by atoms with van der Waals surface area (Å²) in [5.41, 5.74) is 7.06. The Labute approximate surface area is 229 Å². The van der Waals surface area contributed by atoms with Crippen LogP contribution in [0.2, 0.25) is 0 Å². The van der Waals surface area contributed by atoms with E-state index in [4.69, 9.17) is 9.98 Å². The van der Waals surface area contributed by atoms with E-state index in [2.05, 4.69) is 80.4 Å². The first-order chi connectivity index (χ1) is 19.3. The highest BCUT2D eigenvalue weighted by Gasteiger charge is 2.27. The Kier molecular flexibility index (Phi) is 6.55. The maximum atomic E-state index is 5.39. The molecule has 2 aromatic carbocycles. The highest BCUT2D eigenvalue weighted by molar-refractivity contribution is 5.84. The molecule has 4 aliphatic rings. The molecule has 2 aliphatic heterocycles. The minimum Gasteiger partial charge on any atom is -0.352 e. The van der Waals surface area contributed by atoms with Crippen LogP contribution in [0.25, 0.3) is 28.1 Å². The summed E-state index contributed by atoms with van der Waals surface area (Å²) in [4.78, 5) is 17.5. The molecule has 0 bridgehead atoms. The molecule has 7 rings (SSSR count). The van der Waals surface area contributed by atoms with Gasteiger partial charge < -0.3 is 14.8 Å². The number of rotatable bonds is 5. The number of hydrogen-bond acceptors (Lipinski definition) is 5. The highest BCUT2D eigenvalue weighted by Crippen LogP contribution is 2.31. The second kappa shape index (κ2) is 10.6. The molecule has 6 nitrogen and oxygen atoms in total. The Morgan fingerprint density at radius 3 is 2.41 bits per heavy atom. The lowest BCUT2D eigenvalue weighted by Gasteiger charge is -2.34. The molecule has 1 N–H and O–H groups in total. The van der Waals surface area contributed by atoms with Gasteiger partial charge in [-0.25, -0.2) is 4.98 Å². The smallest absolute Gasteiger partial charge is 0.0900 e. The van der Waals surface area contributed by atoms with Crippen LogP contribution >= 0.6 is 0 Å². The number of para-hydroxylation sites is 3. The number of piperidine rings is 1. The fourth-order valence-electron chi connectivity index (χ4n) is 6.34. The van der Waals surface area contributed by atoms with Crippen molar-refractivity contribution in [1.82, 2.24) is 19.4 Å². The van der Waals surface area contributed by atoms with Crippen molar-refractivity contribution >= 4 is 22.4 Å². The summed E-state index contributed by atoms with van der Waals surface area (Å²) in [7, 11) is 0. The number of anilines is 2. The van der Waals surface area contributed by atoms with Gasteiger partial charge in [0.05, 0.1) is 51.4 Å². The van der Waals surface area contributed by atoms with Crippen LogP contribution in [0.4, 0.5) is 11.4 Å². The quantitative estimate of drug-likeness (QED) is 0.269. The summed E-state index contributed by atoms with van der Waals surface area (Å²) in [6, 6.07) is 28.4. The van der Waals surface area contributed by atoms with E-state index >= 15 is 0 Å². The van der Waals surface area contributed by atoms with Crippen molar-refractivity contribution in [3.05, 3.63) is 96.6 Å². The molecule has 3 aromatic rings. The third-order valence-electron chi connectivity index (χ3n) is 8.31. The van der Waals surface area contributed by atoms with E-state index in [-0.39, 0.29) is 0 Å². The van der Waals surface area contributed by atoms with E-state index < -0.39 is 0 Å². The van der Waals surface area contributed by atoms with Crippen LogP contribution in [0.15, 0.2) is 96.2 Å². The van der Waals surface area contributed by atoms with Gasteiger partial charge in [0.2, 0.25) is 0 Å². The monoisotopic (exact) mass is 514 g/mol. The number of fused-ring (bicyclic) bond motifs is 2. The summed E-state index contributed by atoms with van der Waals surface area (Å²) in [5, 5.41) is 4.58. The number of benzene rings is 3. The normalized spacial score (nSPS) is 17.8. The number of pyridine rings is 1. The highest BCUT2D eigenvalue weighted by atomic mass is 15.2. The molecule has 2 fully saturated rings. The van der Waals surface area contributed by atoms with Crippen molar-refractivity contribution in [2.45, 2.75) is 50.6 Å². The van der Waals surface area contributed by atoms with Crippen LogP contribution in [0.1, 0.15) is 38.5 Å². The van der Waals surface area contributed by atoms with Crippen LogP contribution < -0.4 is 10.7 Å². The minimum absolute atomic E-state index is 0.313. The lowest BCUT2D eigenvalue weighted by atomic mass is 10.0. The first kappa shape index (κ1) is 24.0. The molecule has 196 valence electrons. The molecule has 3 heterocycles. The molecule has 2 aliphatic carbocycles. The van der Waals surface area contributed by atoms with Gasteiger partial charge in [0.1, 0.15) is 0 Å². The fourth-order valence-corrected chi connectivity index (χ4v) is 6.34. The predicted molar refractivity (Wildman–Crippen MR) is 158 cm³/mol. The number of nitrogens with zero attached hydrogens (tertiary/aromatic N) is 5. The van der Waals surface area contributed by atoms with Gasteiger partial charge in [0, 0.05) is 31.0 Å². The first-order valence-electron chi connectivity index (χ1n) is 14.3. The average molecular weight is 515 g/mol. The Bertz CT molecular complexity index is 1600. The number of nitrogens with one attached hydrogen (secondary N) is 1. The van der Waals surface area contributed by atoms with Gasteiger partial charge in [-0.05, 0) is 74.2 Å². The van der Waals surface area contributed by atoms with Gasteiger partial charge in [-0.3, -0.25) is 9.98 Å². The van der Waals surface area contributed by atoms with Crippen molar-refractivity contribution in [2.24, 2.45) is 4.99 Å². The predicted octanol–water partition coefficient (Wildman–Crippen LogP) is 6.58. The molecule has 0 amide bonds. The zero-order valence-corrected chi connectivity index (χ0v) is 22.2. The van der Waals surface area contributed by atoms with Crippen molar-refractivity contribution < 1.29 is 0 Å². The van der Waals surface area contributed by atoms with E-state index in [1.54, 1.807) is 6.20 Å². The zero-order chi connectivity index (χ0) is 26.0. The molecule has 39 heavy (non-hydrogen) atoms. The summed E-state index contributed by atoms with van der Waals surface area (Å²) >= 11 is 0. The third-order valence-corrected chi connectivity index (χ3v) is 8.31. The van der Waals surface area contributed by atoms with Crippen molar-refractivity contribution in [3.63, 3.8) is 0 Å². The van der Waals surface area contributed by atoms with Crippen molar-refractivity contribution in [3.8, 4) is 17.1 Å². The van der Waals surface area contributed by atoms with E-state index in [0.29, 0.717) is 6.04 Å². The summed E-state index contributed by atoms with van der Waals surface area (Å²) in [6.07, 6.45) is 11.4. The molecule has 0 unspecified atom stereocenters. The van der Waals surface area contributed by atoms with E-state index in [1.165, 1.54) is 25.7 Å². The van der Waals surface area contributed by atoms with Gasteiger partial charge in [-0.2, -0.15) is 0 Å². The average Bonchev–Trinajstić information content (AvgIpc) is 3.53. The van der Waals surface area contributed by atoms with Crippen LogP contribution in [-0.2, 0) is 0 Å². The molecule has 0 atom stereocenters. The van der Waals surface area contributed by atoms with Crippen LogP contribution in [-0.4, -0.2) is 44.6 Å². The Morgan fingerprint density at radius 2 is 1.62 bits per heavy atom. The topological polar surface area (TPSA) is 58.3 Å². The minimum atomic E-state index is 0.313. The van der Waals surface area contributed by atoms with E-state index in [1.807, 2.05) is 24.4 Å². The second-order valence-electron chi connectivity index (χ2n) is 10.8. The molecule has 6 heteroatoms. The molecular formula is C33H34N6. The number of likely N-dealkylation sites (tertiary alicyclic amines) is 1. The van der Waals surface area contributed by atoms with Gasteiger partial charge in [0.15, 0.2) is 0 Å². The molecule has 1 saturated heterocycles.